The van der Waals surface area contributed by atoms with Crippen molar-refractivity contribution in [3.63, 3.8) is 0 Å². The Kier molecular flexibility index (Phi) is 6.86. The third-order valence-electron chi connectivity index (χ3n) is 2.58. The third kappa shape index (κ3) is 4.77. The van der Waals surface area contributed by atoms with Gasteiger partial charge in [-0.05, 0) is 24.1 Å². The van der Waals surface area contributed by atoms with E-state index in [1.165, 1.54) is 17.5 Å². The molecule has 0 heterocycles. The molecular formula is C14H23NO. The molecule has 0 aliphatic heterocycles. The molecule has 0 saturated heterocycles. The van der Waals surface area contributed by atoms with E-state index in [0.717, 1.165) is 32.7 Å². The van der Waals surface area contributed by atoms with E-state index in [-0.39, 0.29) is 0 Å². The van der Waals surface area contributed by atoms with Crippen molar-refractivity contribution in [1.29, 1.82) is 0 Å². The maximum Gasteiger partial charge on any atom is 0.0720 e. The molecular weight excluding hydrogens is 198 g/mol. The smallest absolute Gasteiger partial charge is 0.0720 e. The summed E-state index contributed by atoms with van der Waals surface area (Å²) >= 11 is 0. The van der Waals surface area contributed by atoms with Gasteiger partial charge in [0.05, 0.1) is 6.61 Å². The van der Waals surface area contributed by atoms with Gasteiger partial charge in [-0.15, -0.1) is 0 Å². The van der Waals surface area contributed by atoms with Crippen molar-refractivity contribution >= 4 is 0 Å². The quantitative estimate of drug-likeness (QED) is 0.681. The molecule has 0 bridgehead atoms. The van der Waals surface area contributed by atoms with Crippen LogP contribution in [0.5, 0.6) is 0 Å². The minimum absolute atomic E-state index is 0.738. The van der Waals surface area contributed by atoms with Crippen LogP contribution in [0.25, 0.3) is 0 Å². The van der Waals surface area contributed by atoms with Gasteiger partial charge < -0.3 is 10.1 Å². The van der Waals surface area contributed by atoms with Crippen molar-refractivity contribution in [2.45, 2.75) is 39.8 Å². The molecule has 0 aromatic heterocycles. The predicted octanol–water partition coefficient (Wildman–Crippen LogP) is 3.11. The Morgan fingerprint density at radius 2 is 1.88 bits per heavy atom. The number of nitrogens with one attached hydrogen (secondary N) is 1. The molecule has 0 amide bonds. The maximum absolute atomic E-state index is 5.65. The average Bonchev–Trinajstić information content (AvgIpc) is 2.33. The molecule has 1 aromatic carbocycles. The fourth-order valence-electron chi connectivity index (χ4n) is 1.56. The van der Waals surface area contributed by atoms with Gasteiger partial charge in [0.25, 0.3) is 0 Å². The van der Waals surface area contributed by atoms with Gasteiger partial charge in [0.2, 0.25) is 0 Å². The van der Waals surface area contributed by atoms with E-state index in [0.29, 0.717) is 0 Å². The highest BCUT2D eigenvalue weighted by Crippen LogP contribution is 2.10. The van der Waals surface area contributed by atoms with Gasteiger partial charge in [0, 0.05) is 13.2 Å². The Hall–Kier alpha value is -0.860. The molecule has 2 heteroatoms. The van der Waals surface area contributed by atoms with Crippen LogP contribution in [-0.2, 0) is 17.9 Å². The van der Waals surface area contributed by atoms with Crippen molar-refractivity contribution < 1.29 is 4.74 Å². The second-order valence-corrected chi connectivity index (χ2v) is 3.96. The second kappa shape index (κ2) is 8.31. The zero-order chi connectivity index (χ0) is 11.6. The van der Waals surface area contributed by atoms with Gasteiger partial charge in [-0.25, -0.2) is 0 Å². The zero-order valence-electron chi connectivity index (χ0n) is 10.5. The van der Waals surface area contributed by atoms with Crippen LogP contribution in [0.3, 0.4) is 0 Å². The molecule has 0 aliphatic carbocycles. The number of hydrogen-bond donors (Lipinski definition) is 1. The topological polar surface area (TPSA) is 21.3 Å². The van der Waals surface area contributed by atoms with E-state index in [2.05, 4.69) is 43.4 Å². The highest BCUT2D eigenvalue weighted by molar-refractivity contribution is 5.26. The zero-order valence-corrected chi connectivity index (χ0v) is 10.5. The number of hydrogen-bond acceptors (Lipinski definition) is 2. The Bertz CT molecular complexity index is 286. The van der Waals surface area contributed by atoms with Crippen LogP contribution >= 0.6 is 0 Å². The monoisotopic (exact) mass is 221 g/mol. The number of ether oxygens (including phenoxy) is 1. The summed E-state index contributed by atoms with van der Waals surface area (Å²) in [5.41, 5.74) is 2.65. The summed E-state index contributed by atoms with van der Waals surface area (Å²) in [6, 6.07) is 8.48. The minimum atomic E-state index is 0.738. The highest BCUT2D eigenvalue weighted by Gasteiger charge is 2.00. The van der Waals surface area contributed by atoms with Crippen molar-refractivity contribution in [2.75, 3.05) is 13.2 Å². The van der Waals surface area contributed by atoms with E-state index in [9.17, 15) is 0 Å². The van der Waals surface area contributed by atoms with Crippen molar-refractivity contribution in [1.82, 2.24) is 5.32 Å². The standard InChI is InChI=1S/C14H23NO/c1-3-5-10-16-12-14-9-7-6-8-13(14)11-15-4-2/h6-9,15H,3-5,10-12H2,1-2H3. The Morgan fingerprint density at radius 3 is 2.56 bits per heavy atom. The lowest BCUT2D eigenvalue weighted by molar-refractivity contribution is 0.117. The molecule has 0 saturated carbocycles. The van der Waals surface area contributed by atoms with Gasteiger partial charge in [-0.1, -0.05) is 44.5 Å². The van der Waals surface area contributed by atoms with Gasteiger partial charge in [-0.3, -0.25) is 0 Å². The van der Waals surface area contributed by atoms with Gasteiger partial charge in [0.1, 0.15) is 0 Å². The maximum atomic E-state index is 5.65. The summed E-state index contributed by atoms with van der Waals surface area (Å²) in [6.07, 6.45) is 2.34. The summed E-state index contributed by atoms with van der Waals surface area (Å²) in [7, 11) is 0. The SMILES string of the molecule is CCCCOCc1ccccc1CNCC. The van der Waals surface area contributed by atoms with Gasteiger partial charge in [0.15, 0.2) is 0 Å². The summed E-state index contributed by atoms with van der Waals surface area (Å²) in [5.74, 6) is 0. The lowest BCUT2D eigenvalue weighted by Crippen LogP contribution is -2.13. The molecule has 0 atom stereocenters. The molecule has 0 fully saturated rings. The van der Waals surface area contributed by atoms with Gasteiger partial charge in [-0.2, -0.15) is 0 Å². The molecule has 1 N–H and O–H groups in total. The summed E-state index contributed by atoms with van der Waals surface area (Å²) in [5, 5.41) is 3.35. The van der Waals surface area contributed by atoms with Crippen LogP contribution in [0.4, 0.5) is 0 Å². The highest BCUT2D eigenvalue weighted by atomic mass is 16.5. The van der Waals surface area contributed by atoms with Crippen LogP contribution in [0.15, 0.2) is 24.3 Å². The van der Waals surface area contributed by atoms with Crippen LogP contribution in [0, 0.1) is 0 Å². The molecule has 1 aromatic rings. The van der Waals surface area contributed by atoms with E-state index < -0.39 is 0 Å². The van der Waals surface area contributed by atoms with Crippen molar-refractivity contribution in [3.8, 4) is 0 Å². The Labute approximate surface area is 99.0 Å². The van der Waals surface area contributed by atoms with E-state index in [1.807, 2.05) is 0 Å². The summed E-state index contributed by atoms with van der Waals surface area (Å²) < 4.78 is 5.65. The molecule has 16 heavy (non-hydrogen) atoms. The fraction of sp³-hybridized carbons (Fsp3) is 0.571. The Morgan fingerprint density at radius 1 is 1.12 bits per heavy atom. The first-order valence-electron chi connectivity index (χ1n) is 6.23. The summed E-state index contributed by atoms with van der Waals surface area (Å²) in [4.78, 5) is 0. The van der Waals surface area contributed by atoms with Crippen LogP contribution < -0.4 is 5.32 Å². The first-order chi connectivity index (χ1) is 7.88. The minimum Gasteiger partial charge on any atom is -0.377 e. The average molecular weight is 221 g/mol. The molecule has 1 rings (SSSR count). The molecule has 0 aliphatic rings. The van der Waals surface area contributed by atoms with Crippen LogP contribution in [-0.4, -0.2) is 13.2 Å². The summed E-state index contributed by atoms with van der Waals surface area (Å²) in [6.45, 7) is 7.85. The number of benzene rings is 1. The lowest BCUT2D eigenvalue weighted by Gasteiger charge is -2.10. The largest absolute Gasteiger partial charge is 0.377 e. The molecule has 90 valence electrons. The molecule has 0 radical (unpaired) electrons. The van der Waals surface area contributed by atoms with Crippen molar-refractivity contribution in [2.24, 2.45) is 0 Å². The first-order valence-corrected chi connectivity index (χ1v) is 6.23. The Balaban J connectivity index is 2.43. The normalized spacial score (nSPS) is 10.6. The molecule has 0 spiro atoms. The fourth-order valence-corrected chi connectivity index (χ4v) is 1.56. The van der Waals surface area contributed by atoms with E-state index >= 15 is 0 Å². The molecule has 0 unspecified atom stereocenters. The first kappa shape index (κ1) is 13.2. The number of rotatable bonds is 8. The van der Waals surface area contributed by atoms with Crippen LogP contribution in [0.1, 0.15) is 37.8 Å². The number of unbranched alkanes of at least 4 members (excludes halogenated alkanes) is 1. The predicted molar refractivity (Wildman–Crippen MR) is 68.4 cm³/mol. The second-order valence-electron chi connectivity index (χ2n) is 3.96. The molecule has 2 nitrogen and oxygen atoms in total. The third-order valence-corrected chi connectivity index (χ3v) is 2.58. The van der Waals surface area contributed by atoms with E-state index in [4.69, 9.17) is 4.74 Å². The van der Waals surface area contributed by atoms with Gasteiger partial charge >= 0.3 is 0 Å². The lowest BCUT2D eigenvalue weighted by atomic mass is 10.1. The van der Waals surface area contributed by atoms with Crippen LogP contribution in [0.2, 0.25) is 0 Å². The van der Waals surface area contributed by atoms with Crippen molar-refractivity contribution in [3.05, 3.63) is 35.4 Å². The van der Waals surface area contributed by atoms with E-state index in [1.54, 1.807) is 0 Å².